The van der Waals surface area contributed by atoms with Crippen LogP contribution in [0, 0.1) is 0 Å². The molecule has 0 atom stereocenters. The van der Waals surface area contributed by atoms with Gasteiger partial charge in [0.25, 0.3) is 5.56 Å². The van der Waals surface area contributed by atoms with Crippen LogP contribution in [0.2, 0.25) is 0 Å². The fourth-order valence-electron chi connectivity index (χ4n) is 2.91. The summed E-state index contributed by atoms with van der Waals surface area (Å²) < 4.78 is 12.4. The van der Waals surface area contributed by atoms with Crippen molar-refractivity contribution in [3.63, 3.8) is 0 Å². The molecule has 0 aliphatic heterocycles. The number of hydrogen-bond acceptors (Lipinski definition) is 5. The summed E-state index contributed by atoms with van der Waals surface area (Å²) in [5, 5.41) is 0.602. The maximum absolute atomic E-state index is 12.9. The third-order valence-corrected chi connectivity index (χ3v) is 4.33. The van der Waals surface area contributed by atoms with Crippen molar-refractivity contribution in [3.05, 3.63) is 64.2 Å². The van der Waals surface area contributed by atoms with Crippen LogP contribution in [-0.4, -0.2) is 30.3 Å². The number of methoxy groups -OCH3 is 2. The highest BCUT2D eigenvalue weighted by Gasteiger charge is 2.09. The molecule has 1 aromatic heterocycles. The summed E-state index contributed by atoms with van der Waals surface area (Å²) in [7, 11) is 3.23. The van der Waals surface area contributed by atoms with Gasteiger partial charge < -0.3 is 15.2 Å². The van der Waals surface area contributed by atoms with E-state index < -0.39 is 0 Å². The van der Waals surface area contributed by atoms with Gasteiger partial charge in [-0.15, -0.1) is 0 Å². The molecule has 0 unspecified atom stereocenters. The lowest BCUT2D eigenvalue weighted by molar-refractivity contribution is 0.402. The zero-order valence-electron chi connectivity index (χ0n) is 15.5. The number of para-hydroxylation sites is 1. The molecule has 27 heavy (non-hydrogen) atoms. The van der Waals surface area contributed by atoms with Crippen LogP contribution >= 0.6 is 0 Å². The van der Waals surface area contributed by atoms with Gasteiger partial charge in [-0.05, 0) is 55.4 Å². The number of fused-ring (bicyclic) bond motifs is 1. The molecule has 0 aliphatic carbocycles. The van der Waals surface area contributed by atoms with Gasteiger partial charge in [0.15, 0.2) is 0 Å². The molecular formula is C21H23N3O3. The number of nitrogens with zero attached hydrogens (tertiary/aromatic N) is 2. The summed E-state index contributed by atoms with van der Waals surface area (Å²) in [6, 6.07) is 12.9. The van der Waals surface area contributed by atoms with Gasteiger partial charge in [0.2, 0.25) is 0 Å². The average Bonchev–Trinajstić information content (AvgIpc) is 2.71. The first-order chi connectivity index (χ1) is 13.2. The largest absolute Gasteiger partial charge is 0.497 e. The minimum atomic E-state index is -0.0636. The minimum Gasteiger partial charge on any atom is -0.497 e. The van der Waals surface area contributed by atoms with Crippen LogP contribution in [0.3, 0.4) is 0 Å². The molecule has 0 spiro atoms. The van der Waals surface area contributed by atoms with Crippen molar-refractivity contribution < 1.29 is 9.47 Å². The molecule has 2 N–H and O–H groups in total. The third kappa shape index (κ3) is 4.01. The highest BCUT2D eigenvalue weighted by molar-refractivity contribution is 5.79. The topological polar surface area (TPSA) is 79.4 Å². The highest BCUT2D eigenvalue weighted by atomic mass is 16.5. The Kier molecular flexibility index (Phi) is 5.88. The zero-order chi connectivity index (χ0) is 19.2. The first-order valence-corrected chi connectivity index (χ1v) is 8.77. The van der Waals surface area contributed by atoms with Crippen LogP contribution in [0.1, 0.15) is 17.8 Å². The van der Waals surface area contributed by atoms with E-state index in [1.54, 1.807) is 24.9 Å². The second-order valence-electron chi connectivity index (χ2n) is 6.03. The first-order valence-electron chi connectivity index (χ1n) is 8.77. The molecular weight excluding hydrogens is 342 g/mol. The van der Waals surface area contributed by atoms with Gasteiger partial charge >= 0.3 is 0 Å². The average molecular weight is 365 g/mol. The van der Waals surface area contributed by atoms with E-state index in [0.29, 0.717) is 42.0 Å². The van der Waals surface area contributed by atoms with E-state index in [0.717, 1.165) is 11.3 Å². The fraction of sp³-hybridized carbons (Fsp3) is 0.238. The maximum atomic E-state index is 12.9. The lowest BCUT2D eigenvalue weighted by atomic mass is 10.1. The molecule has 1 heterocycles. The van der Waals surface area contributed by atoms with Gasteiger partial charge in [0, 0.05) is 12.1 Å². The van der Waals surface area contributed by atoms with E-state index in [4.69, 9.17) is 15.2 Å². The Bertz CT molecular complexity index is 1020. The molecule has 2 aromatic carbocycles. The summed E-state index contributed by atoms with van der Waals surface area (Å²) >= 11 is 0. The quantitative estimate of drug-likeness (QED) is 0.696. The zero-order valence-corrected chi connectivity index (χ0v) is 15.5. The van der Waals surface area contributed by atoms with Crippen LogP contribution in [-0.2, 0) is 6.54 Å². The third-order valence-electron chi connectivity index (χ3n) is 4.33. The Morgan fingerprint density at radius 2 is 1.93 bits per heavy atom. The van der Waals surface area contributed by atoms with Crippen molar-refractivity contribution in [2.75, 3.05) is 20.8 Å². The molecule has 0 amide bonds. The predicted octanol–water partition coefficient (Wildman–Crippen LogP) is 2.93. The lowest BCUT2D eigenvalue weighted by Gasteiger charge is -2.11. The Labute approximate surface area is 157 Å². The standard InChI is InChI=1S/C21H23N3O3/c1-26-16-9-10-19(27-2)15(14-16)8-11-20-23-18-7-4-3-6-17(18)21(25)24(20)13-5-12-22/h3-4,6-11,14H,5,12-13,22H2,1-2H3. The van der Waals surface area contributed by atoms with E-state index in [-0.39, 0.29) is 5.56 Å². The van der Waals surface area contributed by atoms with Crippen LogP contribution in [0.25, 0.3) is 23.1 Å². The Balaban J connectivity index is 2.10. The minimum absolute atomic E-state index is 0.0636. The molecule has 0 aliphatic rings. The molecule has 3 aromatic rings. The maximum Gasteiger partial charge on any atom is 0.261 e. The van der Waals surface area contributed by atoms with Crippen molar-refractivity contribution in [2.45, 2.75) is 13.0 Å². The van der Waals surface area contributed by atoms with Gasteiger partial charge in [-0.1, -0.05) is 12.1 Å². The van der Waals surface area contributed by atoms with Crippen LogP contribution < -0.4 is 20.8 Å². The van der Waals surface area contributed by atoms with E-state index in [1.165, 1.54) is 0 Å². The monoisotopic (exact) mass is 365 g/mol. The van der Waals surface area contributed by atoms with Gasteiger partial charge in [-0.3, -0.25) is 9.36 Å². The Hall–Kier alpha value is -3.12. The molecule has 6 heteroatoms. The van der Waals surface area contributed by atoms with E-state index in [9.17, 15) is 4.79 Å². The molecule has 0 fully saturated rings. The number of nitrogens with two attached hydrogens (primary N) is 1. The second-order valence-corrected chi connectivity index (χ2v) is 6.03. The van der Waals surface area contributed by atoms with Gasteiger partial charge in [0.05, 0.1) is 25.1 Å². The SMILES string of the molecule is COc1ccc(OC)c(C=Cc2nc3ccccc3c(=O)n2CCCN)c1. The molecule has 0 bridgehead atoms. The van der Waals surface area contributed by atoms with Crippen LogP contribution in [0.15, 0.2) is 47.3 Å². The van der Waals surface area contributed by atoms with Crippen molar-refractivity contribution in [3.8, 4) is 11.5 Å². The molecule has 6 nitrogen and oxygen atoms in total. The number of rotatable bonds is 7. The number of aromatic nitrogens is 2. The van der Waals surface area contributed by atoms with E-state index >= 15 is 0 Å². The Morgan fingerprint density at radius 1 is 1.11 bits per heavy atom. The normalized spacial score (nSPS) is 11.2. The predicted molar refractivity (Wildman–Crippen MR) is 108 cm³/mol. The smallest absolute Gasteiger partial charge is 0.261 e. The highest BCUT2D eigenvalue weighted by Crippen LogP contribution is 2.25. The summed E-state index contributed by atoms with van der Waals surface area (Å²) in [6.45, 7) is 1.02. The Morgan fingerprint density at radius 3 is 2.67 bits per heavy atom. The van der Waals surface area contributed by atoms with Gasteiger partial charge in [-0.2, -0.15) is 0 Å². The van der Waals surface area contributed by atoms with Crippen molar-refractivity contribution in [1.82, 2.24) is 9.55 Å². The van der Waals surface area contributed by atoms with Crippen molar-refractivity contribution in [1.29, 1.82) is 0 Å². The summed E-state index contributed by atoms with van der Waals surface area (Å²) in [4.78, 5) is 17.6. The molecule has 3 rings (SSSR count). The number of hydrogen-bond donors (Lipinski definition) is 1. The lowest BCUT2D eigenvalue weighted by Crippen LogP contribution is -2.25. The van der Waals surface area contributed by atoms with Crippen molar-refractivity contribution >= 4 is 23.1 Å². The van der Waals surface area contributed by atoms with Crippen LogP contribution in [0.5, 0.6) is 11.5 Å². The van der Waals surface area contributed by atoms with Gasteiger partial charge in [-0.25, -0.2) is 4.98 Å². The molecule has 0 saturated heterocycles. The fourth-order valence-corrected chi connectivity index (χ4v) is 2.91. The first kappa shape index (κ1) is 18.7. The van der Waals surface area contributed by atoms with Crippen molar-refractivity contribution in [2.24, 2.45) is 5.73 Å². The summed E-state index contributed by atoms with van der Waals surface area (Å²) in [5.74, 6) is 2.02. The number of ether oxygens (including phenoxy) is 2. The van der Waals surface area contributed by atoms with E-state index in [2.05, 4.69) is 4.98 Å². The second kappa shape index (κ2) is 8.51. The molecule has 0 saturated carbocycles. The molecule has 0 radical (unpaired) electrons. The van der Waals surface area contributed by atoms with Gasteiger partial charge in [0.1, 0.15) is 17.3 Å². The summed E-state index contributed by atoms with van der Waals surface area (Å²) in [6.07, 6.45) is 4.39. The van der Waals surface area contributed by atoms with E-state index in [1.807, 2.05) is 48.6 Å². The van der Waals surface area contributed by atoms with Crippen LogP contribution in [0.4, 0.5) is 0 Å². The summed E-state index contributed by atoms with van der Waals surface area (Å²) in [5.41, 5.74) is 7.08. The number of benzene rings is 2. The molecule has 140 valence electrons.